The Kier molecular flexibility index (Phi) is 13.5. The predicted octanol–water partition coefficient (Wildman–Crippen LogP) is 16.7. The Labute approximate surface area is 509 Å². The van der Waals surface area contributed by atoms with E-state index in [9.17, 15) is 19.2 Å². The van der Waals surface area contributed by atoms with Crippen molar-refractivity contribution >= 4 is 57.9 Å². The van der Waals surface area contributed by atoms with Crippen LogP contribution in [0.5, 0.6) is 23.0 Å². The van der Waals surface area contributed by atoms with Crippen LogP contribution in [0, 0.1) is 13.8 Å². The van der Waals surface area contributed by atoms with Crippen LogP contribution < -0.4 is 29.1 Å². The highest BCUT2D eigenvalue weighted by atomic mass is 16.6. The number of benzene rings is 8. The molecule has 6 aliphatic rings. The van der Waals surface area contributed by atoms with Crippen molar-refractivity contribution in [2.75, 3.05) is 33.7 Å². The molecule has 2 amide bonds. The summed E-state index contributed by atoms with van der Waals surface area (Å²) in [6.45, 7) is 11.4. The van der Waals surface area contributed by atoms with Crippen molar-refractivity contribution in [2.45, 2.75) is 134 Å². The van der Waals surface area contributed by atoms with Crippen LogP contribution in [-0.2, 0) is 35.7 Å². The summed E-state index contributed by atoms with van der Waals surface area (Å²) >= 11 is 0. The number of hydrogen-bond acceptors (Lipinski definition) is 10. The SMILES string of the molecule is CC(=O)N(c1ccc(C(C)(C)c2ccc(N(C(C)=O)c3cc4c(cc3C)Oc3cc(N(C)C5CCCCC5)ccc3C43OC(=O)c4ccccc43)cc2)cc1)c1cc2c(cc1C)Oc1cc(N(C)C3CCCCC3)ccc1C21OC(=O)c2ccccc21. The summed E-state index contributed by atoms with van der Waals surface area (Å²) in [7, 11) is 4.31. The summed E-state index contributed by atoms with van der Waals surface area (Å²) in [5.74, 6) is 1.16. The number of anilines is 6. The van der Waals surface area contributed by atoms with Gasteiger partial charge in [0, 0.05) is 114 Å². The van der Waals surface area contributed by atoms with E-state index >= 15 is 0 Å². The number of rotatable bonds is 10. The minimum Gasteiger partial charge on any atom is -0.456 e. The molecule has 0 N–H and O–H groups in total. The van der Waals surface area contributed by atoms with Crippen molar-refractivity contribution in [1.82, 2.24) is 0 Å². The first-order valence-corrected chi connectivity index (χ1v) is 30.9. The molecule has 8 aromatic carbocycles. The van der Waals surface area contributed by atoms with E-state index in [1.165, 1.54) is 38.5 Å². The largest absolute Gasteiger partial charge is 0.456 e. The minimum absolute atomic E-state index is 0.191. The zero-order chi connectivity index (χ0) is 60.3. The van der Waals surface area contributed by atoms with Crippen molar-refractivity contribution in [3.63, 3.8) is 0 Å². The van der Waals surface area contributed by atoms with E-state index in [4.69, 9.17) is 18.9 Å². The molecule has 8 aromatic rings. The average molecular weight is 1160 g/mol. The Morgan fingerprint density at radius 2 is 0.793 bits per heavy atom. The first kappa shape index (κ1) is 55.7. The third-order valence-corrected chi connectivity index (χ3v) is 19.9. The Bertz CT molecular complexity index is 3880. The molecule has 12 heteroatoms. The second-order valence-electron chi connectivity index (χ2n) is 25.3. The van der Waals surface area contributed by atoms with Crippen molar-refractivity contribution < 1.29 is 38.1 Å². The maximum Gasteiger partial charge on any atom is 0.340 e. The van der Waals surface area contributed by atoms with Gasteiger partial charge in [0.25, 0.3) is 0 Å². The summed E-state index contributed by atoms with van der Waals surface area (Å²) in [6.07, 6.45) is 12.0. The Morgan fingerprint density at radius 1 is 0.437 bits per heavy atom. The van der Waals surface area contributed by atoms with E-state index in [1.54, 1.807) is 23.6 Å². The zero-order valence-corrected chi connectivity index (χ0v) is 50.8. The third-order valence-electron chi connectivity index (χ3n) is 19.9. The first-order valence-electron chi connectivity index (χ1n) is 30.9. The van der Waals surface area contributed by atoms with Crippen LogP contribution in [0.4, 0.5) is 34.1 Å². The van der Waals surface area contributed by atoms with Crippen molar-refractivity contribution in [3.8, 4) is 23.0 Å². The normalized spacial score (nSPS) is 19.1. The van der Waals surface area contributed by atoms with Gasteiger partial charge in [0.2, 0.25) is 11.8 Å². The van der Waals surface area contributed by atoms with Gasteiger partial charge < -0.3 is 28.7 Å². The second-order valence-corrected chi connectivity index (χ2v) is 25.3. The maximum atomic E-state index is 14.1. The van der Waals surface area contributed by atoms with Crippen LogP contribution in [0.15, 0.2) is 158 Å². The first-order chi connectivity index (χ1) is 42.0. The smallest absolute Gasteiger partial charge is 0.340 e. The number of amides is 2. The number of fused-ring (bicyclic) bond motifs is 12. The summed E-state index contributed by atoms with van der Waals surface area (Å²) in [4.78, 5) is 64.2. The molecule has 14 rings (SSSR count). The number of ether oxygens (including phenoxy) is 4. The van der Waals surface area contributed by atoms with Crippen LogP contribution in [0.3, 0.4) is 0 Å². The second kappa shape index (κ2) is 21.1. The van der Waals surface area contributed by atoms with E-state index < -0.39 is 28.6 Å². The predicted molar refractivity (Wildman–Crippen MR) is 340 cm³/mol. The van der Waals surface area contributed by atoms with Gasteiger partial charge in [-0.3, -0.25) is 19.4 Å². The van der Waals surface area contributed by atoms with Crippen LogP contribution >= 0.6 is 0 Å². The molecule has 2 saturated carbocycles. The van der Waals surface area contributed by atoms with E-state index in [0.29, 0.717) is 80.1 Å². The number of carbonyl (C=O) groups is 4. The number of hydrogen-bond donors (Lipinski definition) is 0. The molecule has 2 unspecified atom stereocenters. The zero-order valence-electron chi connectivity index (χ0n) is 50.8. The fraction of sp³-hybridized carbons (Fsp3) is 0.307. The van der Waals surface area contributed by atoms with Gasteiger partial charge in [-0.15, -0.1) is 0 Å². The van der Waals surface area contributed by atoms with Gasteiger partial charge >= 0.3 is 11.9 Å². The molecule has 0 saturated heterocycles. The van der Waals surface area contributed by atoms with Gasteiger partial charge in [-0.2, -0.15) is 0 Å². The van der Waals surface area contributed by atoms with Crippen LogP contribution in [0.1, 0.15) is 168 Å². The fourth-order valence-electron chi connectivity index (χ4n) is 15.1. The fourth-order valence-corrected chi connectivity index (χ4v) is 15.1. The highest BCUT2D eigenvalue weighted by Gasteiger charge is 2.56. The number of esters is 2. The van der Waals surface area contributed by atoms with Crippen molar-refractivity contribution in [3.05, 3.63) is 224 Å². The van der Waals surface area contributed by atoms with Gasteiger partial charge in [0.05, 0.1) is 22.5 Å². The number of aryl methyl sites for hydroxylation is 2. The Morgan fingerprint density at radius 3 is 1.17 bits per heavy atom. The highest BCUT2D eigenvalue weighted by Crippen LogP contribution is 2.60. The van der Waals surface area contributed by atoms with Gasteiger partial charge in [-0.25, -0.2) is 9.59 Å². The standard InChI is InChI=1S/C75H72N4O8/c1-45-39-67-63(74(59-25-17-15-23-57(59)71(82)86-74)61-37-35-55(41-69(61)84-67)76(7)51-19-11-9-12-20-51)43-65(45)78(47(3)80)53-31-27-49(28-32-53)73(5,6)50-29-33-54(34-30-50)79(48(4)81)66-44-64-68(40-46(66)2)85-70-42-56(77(8)52-21-13-10-14-22-52)36-38-62(70)75(64)60-26-18-16-24-58(60)72(83)87-75/h15-18,23-44,51-52H,9-14,19-22H2,1-8H3. The van der Waals surface area contributed by atoms with Gasteiger partial charge in [0.1, 0.15) is 23.0 Å². The van der Waals surface area contributed by atoms with Gasteiger partial charge in [-0.05, 0) is 147 Å². The topological polar surface area (TPSA) is 118 Å². The van der Waals surface area contributed by atoms with E-state index in [2.05, 4.69) is 86.3 Å². The van der Waals surface area contributed by atoms with Crippen molar-refractivity contribution in [2.24, 2.45) is 0 Å². The molecule has 2 aliphatic carbocycles. The van der Waals surface area contributed by atoms with Crippen LogP contribution in [0.2, 0.25) is 0 Å². The molecular formula is C75H72N4O8. The van der Waals surface area contributed by atoms with E-state index in [1.807, 2.05) is 123 Å². The summed E-state index contributed by atoms with van der Waals surface area (Å²) in [5, 5.41) is 0. The molecule has 2 spiro atoms. The Hall–Kier alpha value is -9.16. The summed E-state index contributed by atoms with van der Waals surface area (Å²) in [5.41, 5.74) is 10.3. The Balaban J connectivity index is 0.768. The van der Waals surface area contributed by atoms with Crippen molar-refractivity contribution in [1.29, 1.82) is 0 Å². The number of nitrogens with zero attached hydrogens (tertiary/aromatic N) is 4. The molecule has 0 radical (unpaired) electrons. The average Bonchev–Trinajstić information content (AvgIpc) is 1.65. The quantitative estimate of drug-likeness (QED) is 0.123. The third kappa shape index (κ3) is 8.82. The summed E-state index contributed by atoms with van der Waals surface area (Å²) < 4.78 is 27.0. The molecule has 0 aromatic heterocycles. The molecule has 440 valence electrons. The molecule has 4 heterocycles. The summed E-state index contributed by atoms with van der Waals surface area (Å²) in [6, 6.07) is 52.4. The van der Waals surface area contributed by atoms with E-state index in [0.717, 1.165) is 81.6 Å². The minimum atomic E-state index is -1.33. The molecule has 2 fully saturated rings. The lowest BCUT2D eigenvalue weighted by Crippen LogP contribution is -2.35. The lowest BCUT2D eigenvalue weighted by Gasteiger charge is -2.39. The van der Waals surface area contributed by atoms with Crippen LogP contribution in [0.25, 0.3) is 0 Å². The maximum absolute atomic E-state index is 14.1. The highest BCUT2D eigenvalue weighted by molar-refractivity contribution is 6.03. The number of carbonyl (C=O) groups excluding carboxylic acids is 4. The lowest BCUT2D eigenvalue weighted by atomic mass is 9.77. The molecule has 87 heavy (non-hydrogen) atoms. The lowest BCUT2D eigenvalue weighted by molar-refractivity contribution is -0.116. The molecule has 2 atom stereocenters. The molecule has 12 nitrogen and oxygen atoms in total. The van der Waals surface area contributed by atoms with Gasteiger partial charge in [-0.1, -0.05) is 113 Å². The molecule has 4 aliphatic heterocycles. The molecular weight excluding hydrogens is 1080 g/mol. The van der Waals surface area contributed by atoms with E-state index in [-0.39, 0.29) is 11.8 Å². The van der Waals surface area contributed by atoms with Crippen LogP contribution in [-0.4, -0.2) is 49.9 Å². The molecule has 0 bridgehead atoms. The van der Waals surface area contributed by atoms with Gasteiger partial charge in [0.15, 0.2) is 11.2 Å². The monoisotopic (exact) mass is 1160 g/mol.